The number of hydrogen-bond donors (Lipinski definition) is 1. The summed E-state index contributed by atoms with van der Waals surface area (Å²) in [6.45, 7) is 7.83. The molecule has 0 amide bonds. The summed E-state index contributed by atoms with van der Waals surface area (Å²) < 4.78 is 0. The maximum atomic E-state index is 10.5. The van der Waals surface area contributed by atoms with Gasteiger partial charge >= 0.3 is 0 Å². The maximum Gasteiger partial charge on any atom is 0.0942 e. The van der Waals surface area contributed by atoms with Crippen molar-refractivity contribution in [3.8, 4) is 0 Å². The molecule has 1 fully saturated rings. The lowest BCUT2D eigenvalue weighted by Crippen LogP contribution is -2.43. The van der Waals surface area contributed by atoms with Gasteiger partial charge in [0.05, 0.1) is 6.10 Å². The van der Waals surface area contributed by atoms with Crippen molar-refractivity contribution in [2.45, 2.75) is 51.8 Å². The highest BCUT2D eigenvalue weighted by Crippen LogP contribution is 2.30. The molecule has 1 N–H and O–H groups in total. The van der Waals surface area contributed by atoms with Crippen LogP contribution in [0.3, 0.4) is 0 Å². The Morgan fingerprint density at radius 2 is 1.83 bits per heavy atom. The molecule has 1 aromatic rings. The van der Waals surface area contributed by atoms with E-state index < -0.39 is 0 Å². The summed E-state index contributed by atoms with van der Waals surface area (Å²) in [4.78, 5) is 2.49. The van der Waals surface area contributed by atoms with Gasteiger partial charge in [-0.25, -0.2) is 0 Å². The number of hydrogen-bond acceptors (Lipinski definition) is 2. The first-order valence-electron chi connectivity index (χ1n) is 7.10. The van der Waals surface area contributed by atoms with E-state index in [0.717, 1.165) is 12.1 Å². The summed E-state index contributed by atoms with van der Waals surface area (Å²) in [6.07, 6.45) is 2.14. The average molecular weight is 247 g/mol. The Labute approximate surface area is 111 Å². The van der Waals surface area contributed by atoms with Crippen LogP contribution in [0, 0.1) is 5.92 Å². The van der Waals surface area contributed by atoms with Crippen LogP contribution in [-0.4, -0.2) is 28.6 Å². The van der Waals surface area contributed by atoms with Gasteiger partial charge in [-0.2, -0.15) is 0 Å². The van der Waals surface area contributed by atoms with Gasteiger partial charge in [0.25, 0.3) is 0 Å². The van der Waals surface area contributed by atoms with Crippen molar-refractivity contribution in [3.63, 3.8) is 0 Å². The van der Waals surface area contributed by atoms with Crippen molar-refractivity contribution in [3.05, 3.63) is 35.9 Å². The van der Waals surface area contributed by atoms with Crippen LogP contribution in [0.5, 0.6) is 0 Å². The molecule has 2 nitrogen and oxygen atoms in total. The molecule has 0 radical (unpaired) electrons. The first-order chi connectivity index (χ1) is 8.61. The summed E-state index contributed by atoms with van der Waals surface area (Å²) >= 11 is 0. The van der Waals surface area contributed by atoms with Gasteiger partial charge in [0.15, 0.2) is 0 Å². The van der Waals surface area contributed by atoms with E-state index in [1.54, 1.807) is 0 Å². The molecule has 3 atom stereocenters. The van der Waals surface area contributed by atoms with E-state index in [1.807, 2.05) is 30.3 Å². The van der Waals surface area contributed by atoms with Crippen LogP contribution >= 0.6 is 0 Å². The molecular weight excluding hydrogens is 222 g/mol. The summed E-state index contributed by atoms with van der Waals surface area (Å²) in [5.41, 5.74) is 1.03. The number of aliphatic hydroxyl groups is 1. The van der Waals surface area contributed by atoms with E-state index in [0.29, 0.717) is 12.0 Å². The number of aliphatic hydroxyl groups excluding tert-OH is 1. The summed E-state index contributed by atoms with van der Waals surface area (Å²) in [6, 6.07) is 10.8. The Morgan fingerprint density at radius 3 is 2.44 bits per heavy atom. The number of nitrogens with zero attached hydrogens (tertiary/aromatic N) is 1. The summed E-state index contributed by atoms with van der Waals surface area (Å²) in [5.74, 6) is 0.665. The average Bonchev–Trinajstić information content (AvgIpc) is 2.87. The van der Waals surface area contributed by atoms with Gasteiger partial charge in [-0.3, -0.25) is 4.90 Å². The molecule has 1 heterocycles. The Morgan fingerprint density at radius 1 is 1.17 bits per heavy atom. The highest BCUT2D eigenvalue weighted by atomic mass is 16.3. The van der Waals surface area contributed by atoms with Gasteiger partial charge in [0.2, 0.25) is 0 Å². The number of benzene rings is 1. The van der Waals surface area contributed by atoms with Gasteiger partial charge in [-0.1, -0.05) is 44.2 Å². The molecule has 3 unspecified atom stereocenters. The highest BCUT2D eigenvalue weighted by Gasteiger charge is 2.33. The van der Waals surface area contributed by atoms with Crippen molar-refractivity contribution in [2.24, 2.45) is 5.92 Å². The molecule has 18 heavy (non-hydrogen) atoms. The zero-order chi connectivity index (χ0) is 13.1. The minimum atomic E-state index is -0.384. The Kier molecular flexibility index (Phi) is 4.41. The van der Waals surface area contributed by atoms with Crippen molar-refractivity contribution in [1.29, 1.82) is 0 Å². The van der Waals surface area contributed by atoms with Crippen molar-refractivity contribution in [2.75, 3.05) is 6.54 Å². The Hall–Kier alpha value is -0.860. The molecule has 1 aliphatic rings. The van der Waals surface area contributed by atoms with Gasteiger partial charge in [0, 0.05) is 12.1 Å². The topological polar surface area (TPSA) is 23.5 Å². The van der Waals surface area contributed by atoms with E-state index in [4.69, 9.17) is 0 Å². The number of rotatable bonds is 4. The van der Waals surface area contributed by atoms with Gasteiger partial charge < -0.3 is 5.11 Å². The van der Waals surface area contributed by atoms with E-state index in [2.05, 4.69) is 25.7 Å². The molecular formula is C16H25NO. The normalized spacial score (nSPS) is 24.4. The second-order valence-electron chi connectivity index (χ2n) is 5.79. The minimum Gasteiger partial charge on any atom is -0.387 e. The van der Waals surface area contributed by atoms with Crippen LogP contribution in [0.2, 0.25) is 0 Å². The first kappa shape index (κ1) is 13.6. The lowest BCUT2D eigenvalue weighted by Gasteiger charge is -2.35. The second kappa shape index (κ2) is 5.85. The molecule has 1 saturated heterocycles. The molecule has 100 valence electrons. The molecule has 2 heteroatoms. The smallest absolute Gasteiger partial charge is 0.0942 e. The monoisotopic (exact) mass is 247 g/mol. The van der Waals surface area contributed by atoms with Crippen LogP contribution in [0.4, 0.5) is 0 Å². The maximum absolute atomic E-state index is 10.5. The zero-order valence-electron chi connectivity index (χ0n) is 11.7. The largest absolute Gasteiger partial charge is 0.387 e. The van der Waals surface area contributed by atoms with Gasteiger partial charge in [-0.15, -0.1) is 0 Å². The van der Waals surface area contributed by atoms with Crippen LogP contribution in [0.25, 0.3) is 0 Å². The second-order valence-corrected chi connectivity index (χ2v) is 5.79. The molecule has 0 aliphatic carbocycles. The fourth-order valence-corrected chi connectivity index (χ4v) is 3.15. The third-order valence-electron chi connectivity index (χ3n) is 4.23. The Bertz CT molecular complexity index is 363. The first-order valence-corrected chi connectivity index (χ1v) is 7.10. The van der Waals surface area contributed by atoms with Crippen molar-refractivity contribution in [1.82, 2.24) is 4.90 Å². The summed E-state index contributed by atoms with van der Waals surface area (Å²) in [5, 5.41) is 10.5. The molecule has 2 rings (SSSR count). The van der Waals surface area contributed by atoms with Crippen molar-refractivity contribution >= 4 is 0 Å². The predicted octanol–water partition coefficient (Wildman–Crippen LogP) is 3.23. The van der Waals surface area contributed by atoms with Gasteiger partial charge in [-0.05, 0) is 37.8 Å². The molecule has 1 aliphatic heterocycles. The van der Waals surface area contributed by atoms with Crippen LogP contribution < -0.4 is 0 Å². The fourth-order valence-electron chi connectivity index (χ4n) is 3.15. The third kappa shape index (κ3) is 2.76. The number of likely N-dealkylation sites (tertiary alicyclic amines) is 1. The van der Waals surface area contributed by atoms with Gasteiger partial charge in [0.1, 0.15) is 0 Å². The minimum absolute atomic E-state index is 0.197. The van der Waals surface area contributed by atoms with Crippen LogP contribution in [-0.2, 0) is 0 Å². The highest BCUT2D eigenvalue weighted by molar-refractivity contribution is 5.18. The lowest BCUT2D eigenvalue weighted by atomic mass is 9.97. The molecule has 0 saturated carbocycles. The molecule has 1 aromatic carbocycles. The SMILES string of the molecule is CC(C)C1CCCN1C(C)C(O)c1ccccc1. The molecule has 0 aromatic heterocycles. The van der Waals surface area contributed by atoms with Crippen molar-refractivity contribution < 1.29 is 5.11 Å². The predicted molar refractivity (Wildman–Crippen MR) is 75.4 cm³/mol. The van der Waals surface area contributed by atoms with E-state index in [1.165, 1.54) is 12.8 Å². The quantitative estimate of drug-likeness (QED) is 0.883. The third-order valence-corrected chi connectivity index (χ3v) is 4.23. The van der Waals surface area contributed by atoms with Crippen LogP contribution in [0.15, 0.2) is 30.3 Å². The molecule has 0 spiro atoms. The lowest BCUT2D eigenvalue weighted by molar-refractivity contribution is 0.0398. The van der Waals surface area contributed by atoms with Crippen LogP contribution in [0.1, 0.15) is 45.3 Å². The fraction of sp³-hybridized carbons (Fsp3) is 0.625. The standard InChI is InChI=1S/C16H25NO/c1-12(2)15-10-7-11-17(15)13(3)16(18)14-8-5-4-6-9-14/h4-6,8-9,12-13,15-16,18H,7,10-11H2,1-3H3. The molecule has 0 bridgehead atoms. The van der Waals surface area contributed by atoms with E-state index >= 15 is 0 Å². The Balaban J connectivity index is 2.09. The van der Waals surface area contributed by atoms with E-state index in [-0.39, 0.29) is 12.1 Å². The zero-order valence-corrected chi connectivity index (χ0v) is 11.7. The van der Waals surface area contributed by atoms with E-state index in [9.17, 15) is 5.11 Å². The summed E-state index contributed by atoms with van der Waals surface area (Å²) in [7, 11) is 0.